The zero-order valence-corrected chi connectivity index (χ0v) is 14.4. The molecule has 0 unspecified atom stereocenters. The van der Waals surface area contributed by atoms with E-state index in [1.165, 1.54) is 0 Å². The van der Waals surface area contributed by atoms with Gasteiger partial charge in [-0.1, -0.05) is 24.3 Å². The van der Waals surface area contributed by atoms with E-state index in [1.807, 2.05) is 36.2 Å². The molecule has 2 fully saturated rings. The maximum Gasteiger partial charge on any atom is 0.275 e. The lowest BCUT2D eigenvalue weighted by atomic mass is 10.1. The van der Waals surface area contributed by atoms with Crippen molar-refractivity contribution >= 4 is 16.8 Å². The van der Waals surface area contributed by atoms with Gasteiger partial charge >= 0.3 is 0 Å². The zero-order valence-electron chi connectivity index (χ0n) is 14.4. The monoisotopic (exact) mass is 341 g/mol. The topological polar surface area (TPSA) is 56.6 Å². The van der Waals surface area contributed by atoms with Crippen molar-refractivity contribution in [3.63, 3.8) is 0 Å². The van der Waals surface area contributed by atoms with Gasteiger partial charge in [-0.05, 0) is 18.9 Å². The minimum atomic E-state index is -0.0624. The molecular weight excluding hydrogens is 318 g/mol. The van der Waals surface area contributed by atoms with E-state index in [-0.39, 0.29) is 24.2 Å². The second-order valence-corrected chi connectivity index (χ2v) is 6.63. The number of morpholine rings is 1. The molecule has 0 spiro atoms. The van der Waals surface area contributed by atoms with Crippen molar-refractivity contribution in [2.75, 3.05) is 19.8 Å². The average Bonchev–Trinajstić information content (AvgIpc) is 3.21. The molecule has 4 rings (SSSR count). The molecule has 0 radical (unpaired) electrons. The fraction of sp³-hybridized carbons (Fsp3) is 0.474. The van der Waals surface area contributed by atoms with Crippen molar-refractivity contribution in [1.29, 1.82) is 0 Å². The fourth-order valence-corrected chi connectivity index (χ4v) is 4.05. The first-order valence-electron chi connectivity index (χ1n) is 8.77. The number of aromatic nitrogens is 2. The first-order chi connectivity index (χ1) is 12.2. The van der Waals surface area contributed by atoms with Crippen LogP contribution in [0.2, 0.25) is 0 Å². The van der Waals surface area contributed by atoms with E-state index in [4.69, 9.17) is 9.47 Å². The summed E-state index contributed by atoms with van der Waals surface area (Å²) in [7, 11) is 1.87. The number of carbonyl (C=O) groups excluding carboxylic acids is 1. The molecule has 1 aliphatic carbocycles. The van der Waals surface area contributed by atoms with Crippen molar-refractivity contribution in [3.8, 4) is 0 Å². The Morgan fingerprint density at radius 1 is 1.44 bits per heavy atom. The van der Waals surface area contributed by atoms with Gasteiger partial charge in [0.05, 0.1) is 30.9 Å². The third-order valence-corrected chi connectivity index (χ3v) is 5.18. The van der Waals surface area contributed by atoms with Crippen LogP contribution in [0.25, 0.3) is 10.9 Å². The largest absolute Gasteiger partial charge is 0.372 e. The van der Waals surface area contributed by atoms with Crippen LogP contribution >= 0.6 is 0 Å². The van der Waals surface area contributed by atoms with Gasteiger partial charge in [-0.3, -0.25) is 9.48 Å². The van der Waals surface area contributed by atoms with Crippen LogP contribution in [0.1, 0.15) is 23.3 Å². The number of hydrogen-bond acceptors (Lipinski definition) is 4. The van der Waals surface area contributed by atoms with Crippen LogP contribution in [0.15, 0.2) is 36.9 Å². The predicted molar refractivity (Wildman–Crippen MR) is 94.4 cm³/mol. The van der Waals surface area contributed by atoms with Crippen molar-refractivity contribution in [1.82, 2.24) is 14.7 Å². The van der Waals surface area contributed by atoms with Crippen LogP contribution in [0.3, 0.4) is 0 Å². The lowest BCUT2D eigenvalue weighted by Crippen LogP contribution is -2.54. The molecule has 1 aromatic heterocycles. The maximum absolute atomic E-state index is 13.2. The van der Waals surface area contributed by atoms with E-state index in [9.17, 15) is 4.79 Å². The van der Waals surface area contributed by atoms with Gasteiger partial charge in [-0.15, -0.1) is 6.58 Å². The maximum atomic E-state index is 13.2. The third-order valence-electron chi connectivity index (χ3n) is 5.18. The number of nitrogens with zero attached hydrogens (tertiary/aromatic N) is 3. The normalized spacial score (nSPS) is 26.0. The van der Waals surface area contributed by atoms with E-state index in [2.05, 4.69) is 11.7 Å². The molecule has 0 bridgehead atoms. The molecule has 2 aromatic rings. The Balaban J connectivity index is 1.60. The van der Waals surface area contributed by atoms with Crippen LogP contribution in [0.4, 0.5) is 0 Å². The average molecular weight is 341 g/mol. The van der Waals surface area contributed by atoms with Gasteiger partial charge in [-0.25, -0.2) is 0 Å². The highest BCUT2D eigenvalue weighted by Crippen LogP contribution is 2.33. The summed E-state index contributed by atoms with van der Waals surface area (Å²) in [6, 6.07) is 7.89. The highest BCUT2D eigenvalue weighted by Gasteiger charge is 2.45. The summed E-state index contributed by atoms with van der Waals surface area (Å²) >= 11 is 0. The number of hydrogen-bond donors (Lipinski definition) is 0. The van der Waals surface area contributed by atoms with E-state index < -0.39 is 0 Å². The molecule has 6 nitrogen and oxygen atoms in total. The summed E-state index contributed by atoms with van der Waals surface area (Å²) in [6.07, 6.45) is 3.50. The Morgan fingerprint density at radius 3 is 3.12 bits per heavy atom. The molecule has 1 saturated heterocycles. The van der Waals surface area contributed by atoms with Crippen LogP contribution in [0.5, 0.6) is 0 Å². The van der Waals surface area contributed by atoms with Gasteiger partial charge in [0.1, 0.15) is 6.10 Å². The quantitative estimate of drug-likeness (QED) is 0.800. The summed E-state index contributed by atoms with van der Waals surface area (Å²) in [5.74, 6) is -0.0144. The Morgan fingerprint density at radius 2 is 2.28 bits per heavy atom. The molecule has 1 amide bonds. The molecule has 25 heavy (non-hydrogen) atoms. The van der Waals surface area contributed by atoms with Crippen LogP contribution in [0, 0.1) is 0 Å². The second-order valence-electron chi connectivity index (χ2n) is 6.63. The number of rotatable bonds is 4. The molecule has 6 heteroatoms. The van der Waals surface area contributed by atoms with E-state index in [0.717, 1.165) is 23.7 Å². The molecule has 2 aliphatic rings. The smallest absolute Gasteiger partial charge is 0.275 e. The lowest BCUT2D eigenvalue weighted by Gasteiger charge is -2.38. The van der Waals surface area contributed by atoms with Gasteiger partial charge in [0.25, 0.3) is 5.91 Å². The van der Waals surface area contributed by atoms with E-state index >= 15 is 0 Å². The minimum absolute atomic E-state index is 0.0144. The predicted octanol–water partition coefficient (Wildman–Crippen LogP) is 2.15. The van der Waals surface area contributed by atoms with Crippen molar-refractivity contribution in [2.45, 2.75) is 31.1 Å². The number of amides is 1. The fourth-order valence-electron chi connectivity index (χ4n) is 4.05. The Kier molecular flexibility index (Phi) is 4.31. The zero-order chi connectivity index (χ0) is 17.4. The highest BCUT2D eigenvalue weighted by molar-refractivity contribution is 6.05. The molecular formula is C19H23N3O3. The Bertz CT molecular complexity index is 800. The van der Waals surface area contributed by atoms with Gasteiger partial charge in [0, 0.05) is 19.0 Å². The van der Waals surface area contributed by atoms with Crippen LogP contribution in [-0.4, -0.2) is 58.6 Å². The molecule has 1 saturated carbocycles. The Hall–Kier alpha value is -2.18. The van der Waals surface area contributed by atoms with Crippen molar-refractivity contribution in [3.05, 3.63) is 42.6 Å². The molecule has 2 heterocycles. The molecule has 3 atom stereocenters. The summed E-state index contributed by atoms with van der Waals surface area (Å²) < 4.78 is 13.5. The van der Waals surface area contributed by atoms with Crippen LogP contribution < -0.4 is 0 Å². The number of benzene rings is 1. The van der Waals surface area contributed by atoms with Gasteiger partial charge < -0.3 is 14.4 Å². The number of fused-ring (bicyclic) bond motifs is 2. The van der Waals surface area contributed by atoms with Gasteiger partial charge in [0.2, 0.25) is 0 Å². The number of carbonyl (C=O) groups is 1. The van der Waals surface area contributed by atoms with Crippen molar-refractivity contribution < 1.29 is 14.3 Å². The van der Waals surface area contributed by atoms with E-state index in [1.54, 1.807) is 10.8 Å². The van der Waals surface area contributed by atoms with Crippen LogP contribution in [-0.2, 0) is 16.5 Å². The molecule has 132 valence electrons. The summed E-state index contributed by atoms with van der Waals surface area (Å²) in [6.45, 7) is 5.34. The third kappa shape index (κ3) is 2.75. The van der Waals surface area contributed by atoms with Gasteiger partial charge in [-0.2, -0.15) is 5.10 Å². The summed E-state index contributed by atoms with van der Waals surface area (Å²) in [5, 5.41) is 5.39. The molecule has 1 aromatic carbocycles. The van der Waals surface area contributed by atoms with Crippen molar-refractivity contribution in [2.24, 2.45) is 7.05 Å². The number of para-hydroxylation sites is 1. The Labute approximate surface area is 147 Å². The minimum Gasteiger partial charge on any atom is -0.372 e. The van der Waals surface area contributed by atoms with E-state index in [0.29, 0.717) is 25.5 Å². The SMILES string of the molecule is C=CCO[C@H]1CC[C@H]2[C@H]1OCCN2C(=O)c1nn(C)c2ccccc12. The van der Waals surface area contributed by atoms with Gasteiger partial charge in [0.15, 0.2) is 5.69 Å². The first-order valence-corrected chi connectivity index (χ1v) is 8.77. The lowest BCUT2D eigenvalue weighted by molar-refractivity contribution is -0.100. The number of aryl methyl sites for hydroxylation is 1. The molecule has 1 aliphatic heterocycles. The molecule has 0 N–H and O–H groups in total. The highest BCUT2D eigenvalue weighted by atomic mass is 16.5. The summed E-state index contributed by atoms with van der Waals surface area (Å²) in [5.41, 5.74) is 1.49. The first kappa shape index (κ1) is 16.3. The summed E-state index contributed by atoms with van der Waals surface area (Å²) in [4.78, 5) is 15.2. The number of ether oxygens (including phenoxy) is 2. The second kappa shape index (κ2) is 6.61. The standard InChI is InChI=1S/C19H23N3O3/c1-3-11-24-16-9-8-15-18(16)25-12-10-22(15)19(23)17-13-6-4-5-7-14(13)21(2)20-17/h3-7,15-16,18H,1,8-12H2,2H3/t15-,16-,18+/m0/s1.